The van der Waals surface area contributed by atoms with Crippen molar-refractivity contribution in [2.45, 2.75) is 18.9 Å². The lowest BCUT2D eigenvalue weighted by molar-refractivity contribution is 0.243. The van der Waals surface area contributed by atoms with Crippen LogP contribution >= 0.6 is 0 Å². The van der Waals surface area contributed by atoms with E-state index >= 15 is 0 Å². The molecule has 1 saturated heterocycles. The average molecular weight is 281 g/mol. The summed E-state index contributed by atoms with van der Waals surface area (Å²) in [4.78, 5) is 6.28. The molecule has 0 amide bonds. The number of piperidine rings is 1. The van der Waals surface area contributed by atoms with Crippen LogP contribution in [0.25, 0.3) is 11.3 Å². The van der Waals surface area contributed by atoms with Gasteiger partial charge in [0.25, 0.3) is 0 Å². The van der Waals surface area contributed by atoms with Gasteiger partial charge in [0.15, 0.2) is 12.2 Å². The second-order valence-electron chi connectivity index (χ2n) is 5.35. The second kappa shape index (κ2) is 6.47. The van der Waals surface area contributed by atoms with Gasteiger partial charge in [-0.15, -0.1) is 6.42 Å². The highest BCUT2D eigenvalue weighted by Gasteiger charge is 2.18. The van der Waals surface area contributed by atoms with Crippen molar-refractivity contribution in [1.82, 2.24) is 9.88 Å². The summed E-state index contributed by atoms with van der Waals surface area (Å²) in [6.07, 6.45) is 10.8. The molecule has 1 aromatic heterocycles. The fourth-order valence-electron chi connectivity index (χ4n) is 2.72. The van der Waals surface area contributed by atoms with Gasteiger partial charge in [0.2, 0.25) is 0 Å². The van der Waals surface area contributed by atoms with Crippen LogP contribution in [0, 0.1) is 12.3 Å². The first kappa shape index (κ1) is 13.7. The molecule has 1 aromatic carbocycles. The molecule has 0 saturated carbocycles. The van der Waals surface area contributed by atoms with Crippen molar-refractivity contribution in [2.75, 3.05) is 25.0 Å². The molecule has 0 radical (unpaired) electrons. The van der Waals surface area contributed by atoms with Crippen LogP contribution in [0.2, 0.25) is 0 Å². The van der Waals surface area contributed by atoms with Crippen molar-refractivity contribution in [3.8, 4) is 23.7 Å². The zero-order valence-corrected chi connectivity index (χ0v) is 12.0. The normalized spacial score (nSPS) is 16.5. The molecule has 1 aliphatic heterocycles. The first-order valence-corrected chi connectivity index (χ1v) is 7.26. The van der Waals surface area contributed by atoms with Gasteiger partial charge in [-0.1, -0.05) is 18.1 Å². The third-order valence-electron chi connectivity index (χ3n) is 3.85. The molecule has 0 atom stereocenters. The van der Waals surface area contributed by atoms with E-state index in [0.717, 1.165) is 49.5 Å². The molecule has 4 nitrogen and oxygen atoms in total. The molecular weight excluding hydrogens is 262 g/mol. The van der Waals surface area contributed by atoms with E-state index in [1.54, 1.807) is 6.20 Å². The Balaban J connectivity index is 1.61. The van der Waals surface area contributed by atoms with E-state index < -0.39 is 0 Å². The minimum Gasteiger partial charge on any atom is -0.444 e. The summed E-state index contributed by atoms with van der Waals surface area (Å²) >= 11 is 0. The monoisotopic (exact) mass is 281 g/mol. The second-order valence-corrected chi connectivity index (χ2v) is 5.35. The maximum atomic E-state index is 5.36. The van der Waals surface area contributed by atoms with Crippen LogP contribution in [0.4, 0.5) is 5.69 Å². The zero-order chi connectivity index (χ0) is 14.5. The Hall–Kier alpha value is -2.25. The van der Waals surface area contributed by atoms with Gasteiger partial charge in [0, 0.05) is 30.4 Å². The lowest BCUT2D eigenvalue weighted by atomic mass is 10.0. The van der Waals surface area contributed by atoms with Gasteiger partial charge in [-0.25, -0.2) is 4.98 Å². The maximum absolute atomic E-state index is 5.36. The summed E-state index contributed by atoms with van der Waals surface area (Å²) in [5.41, 5.74) is 2.17. The number of nitrogens with one attached hydrogen (secondary N) is 1. The van der Waals surface area contributed by atoms with Gasteiger partial charge < -0.3 is 9.73 Å². The number of aromatic nitrogens is 1. The third-order valence-corrected chi connectivity index (χ3v) is 3.85. The van der Waals surface area contributed by atoms with Gasteiger partial charge in [-0.2, -0.15) is 0 Å². The van der Waals surface area contributed by atoms with Crippen molar-refractivity contribution >= 4 is 5.69 Å². The van der Waals surface area contributed by atoms with E-state index in [-0.39, 0.29) is 0 Å². The molecule has 0 unspecified atom stereocenters. The highest BCUT2D eigenvalue weighted by Crippen LogP contribution is 2.23. The highest BCUT2D eigenvalue weighted by molar-refractivity contribution is 5.63. The molecule has 3 rings (SSSR count). The topological polar surface area (TPSA) is 41.3 Å². The van der Waals surface area contributed by atoms with Crippen LogP contribution in [0.5, 0.6) is 0 Å². The Morgan fingerprint density at radius 1 is 1.38 bits per heavy atom. The van der Waals surface area contributed by atoms with Crippen molar-refractivity contribution in [3.05, 3.63) is 36.9 Å². The molecule has 2 aromatic rings. The third kappa shape index (κ3) is 3.45. The Morgan fingerprint density at radius 3 is 2.95 bits per heavy atom. The highest BCUT2D eigenvalue weighted by atomic mass is 16.3. The molecule has 108 valence electrons. The molecule has 1 aliphatic rings. The van der Waals surface area contributed by atoms with Gasteiger partial charge in [0.05, 0.1) is 12.7 Å². The van der Waals surface area contributed by atoms with Crippen LogP contribution < -0.4 is 5.32 Å². The van der Waals surface area contributed by atoms with Crippen LogP contribution in [0.3, 0.4) is 0 Å². The molecule has 0 bridgehead atoms. The van der Waals surface area contributed by atoms with Crippen molar-refractivity contribution in [3.63, 3.8) is 0 Å². The fraction of sp³-hybridized carbons (Fsp3) is 0.353. The summed E-state index contributed by atoms with van der Waals surface area (Å²) in [6, 6.07) is 8.76. The summed E-state index contributed by atoms with van der Waals surface area (Å²) in [6.45, 7) is 2.88. The van der Waals surface area contributed by atoms with E-state index in [1.165, 1.54) is 6.39 Å². The van der Waals surface area contributed by atoms with Crippen molar-refractivity contribution in [1.29, 1.82) is 0 Å². The van der Waals surface area contributed by atoms with E-state index in [1.807, 2.05) is 12.1 Å². The van der Waals surface area contributed by atoms with Gasteiger partial charge in [-0.05, 0) is 25.0 Å². The Morgan fingerprint density at radius 2 is 2.24 bits per heavy atom. The van der Waals surface area contributed by atoms with Gasteiger partial charge in [-0.3, -0.25) is 4.90 Å². The largest absolute Gasteiger partial charge is 0.444 e. The molecule has 1 N–H and O–H groups in total. The van der Waals surface area contributed by atoms with Crippen LogP contribution in [-0.4, -0.2) is 35.6 Å². The fourth-order valence-corrected chi connectivity index (χ4v) is 2.72. The van der Waals surface area contributed by atoms with E-state index in [0.29, 0.717) is 6.04 Å². The van der Waals surface area contributed by atoms with Crippen molar-refractivity contribution in [2.24, 2.45) is 0 Å². The molecule has 4 heteroatoms. The van der Waals surface area contributed by atoms with E-state index in [2.05, 4.69) is 33.3 Å². The van der Waals surface area contributed by atoms with Crippen LogP contribution in [-0.2, 0) is 0 Å². The number of likely N-dealkylation sites (tertiary alicyclic amines) is 1. The SMILES string of the molecule is C#CCN1CCC(Nc2cccc(-c3cnco3)c2)CC1. The molecule has 0 spiro atoms. The minimum absolute atomic E-state index is 0.504. The van der Waals surface area contributed by atoms with E-state index in [4.69, 9.17) is 10.8 Å². The molecule has 2 heterocycles. The number of terminal acetylenes is 1. The molecule has 1 fully saturated rings. The predicted octanol–water partition coefficient (Wildman–Crippen LogP) is 2.85. The molecular formula is C17H19N3O. The number of oxazole rings is 1. The molecule has 21 heavy (non-hydrogen) atoms. The van der Waals surface area contributed by atoms with Crippen molar-refractivity contribution < 1.29 is 4.42 Å². The average Bonchev–Trinajstić information content (AvgIpc) is 3.04. The number of anilines is 1. The maximum Gasteiger partial charge on any atom is 0.181 e. The minimum atomic E-state index is 0.504. The number of benzene rings is 1. The lowest BCUT2D eigenvalue weighted by Gasteiger charge is -2.31. The summed E-state index contributed by atoms with van der Waals surface area (Å²) < 4.78 is 5.34. The van der Waals surface area contributed by atoms with Gasteiger partial charge >= 0.3 is 0 Å². The quantitative estimate of drug-likeness (QED) is 0.875. The van der Waals surface area contributed by atoms with Crippen LogP contribution in [0.1, 0.15) is 12.8 Å². The number of nitrogens with zero attached hydrogens (tertiary/aromatic N) is 2. The van der Waals surface area contributed by atoms with Crippen LogP contribution in [0.15, 0.2) is 41.3 Å². The Labute approximate surface area is 125 Å². The summed E-state index contributed by atoms with van der Waals surface area (Å²) in [5.74, 6) is 3.51. The Bertz CT molecular complexity index is 607. The first-order valence-electron chi connectivity index (χ1n) is 7.26. The predicted molar refractivity (Wildman–Crippen MR) is 83.9 cm³/mol. The standard InChI is InChI=1S/C17H19N3O/c1-2-8-20-9-6-15(7-10-20)19-16-5-3-4-14(11-16)17-12-18-13-21-17/h1,3-5,11-13,15,19H,6-10H2. The summed E-state index contributed by atoms with van der Waals surface area (Å²) in [7, 11) is 0. The lowest BCUT2D eigenvalue weighted by Crippen LogP contribution is -2.39. The smallest absolute Gasteiger partial charge is 0.181 e. The zero-order valence-electron chi connectivity index (χ0n) is 12.0. The Kier molecular flexibility index (Phi) is 4.23. The number of hydrogen-bond acceptors (Lipinski definition) is 4. The number of hydrogen-bond donors (Lipinski definition) is 1. The summed E-state index contributed by atoms with van der Waals surface area (Å²) in [5, 5.41) is 3.61. The van der Waals surface area contributed by atoms with E-state index in [9.17, 15) is 0 Å². The first-order chi connectivity index (χ1) is 10.3. The number of rotatable bonds is 4. The molecule has 0 aliphatic carbocycles. The van der Waals surface area contributed by atoms with Gasteiger partial charge in [0.1, 0.15) is 0 Å².